The van der Waals surface area contributed by atoms with Crippen LogP contribution in [0.1, 0.15) is 89.5 Å². The molecule has 0 unspecified atom stereocenters. The summed E-state index contributed by atoms with van der Waals surface area (Å²) >= 11 is 0. The number of carbonyl (C=O) groups excluding carboxylic acids is 1. The molecule has 0 aliphatic rings. The van der Waals surface area contributed by atoms with Gasteiger partial charge in [-0.3, -0.25) is 4.79 Å². The molecule has 0 bridgehead atoms. The number of aliphatic hydroxyl groups is 1. The Hall–Kier alpha value is -1.65. The van der Waals surface area contributed by atoms with Gasteiger partial charge in [0, 0.05) is 6.54 Å². The Morgan fingerprint density at radius 2 is 1.53 bits per heavy atom. The summed E-state index contributed by atoms with van der Waals surface area (Å²) in [5.74, 6) is 0.743. The van der Waals surface area contributed by atoms with Gasteiger partial charge in [-0.25, -0.2) is 0 Å². The van der Waals surface area contributed by atoms with E-state index in [0.717, 1.165) is 24.2 Å². The van der Waals surface area contributed by atoms with Gasteiger partial charge in [-0.15, -0.1) is 0 Å². The van der Waals surface area contributed by atoms with Crippen molar-refractivity contribution in [3.8, 4) is 5.75 Å². The van der Waals surface area contributed by atoms with Crippen LogP contribution in [-0.4, -0.2) is 30.6 Å². The molecule has 4 heteroatoms. The van der Waals surface area contributed by atoms with E-state index in [1.54, 1.807) is 13.2 Å². The highest BCUT2D eigenvalue weighted by Gasteiger charge is 2.13. The zero-order valence-electron chi connectivity index (χ0n) is 19.2. The molecule has 0 aliphatic heterocycles. The molecule has 1 aromatic rings. The largest absolute Gasteiger partial charge is 0.497 e. The van der Waals surface area contributed by atoms with Crippen molar-refractivity contribution < 1.29 is 14.6 Å². The molecular formula is C26H43NO3. The van der Waals surface area contributed by atoms with Gasteiger partial charge in [0.05, 0.1) is 19.8 Å². The summed E-state index contributed by atoms with van der Waals surface area (Å²) in [4.78, 5) is 12.3. The Morgan fingerprint density at radius 3 is 2.07 bits per heavy atom. The first-order valence-corrected chi connectivity index (χ1v) is 11.9. The maximum atomic E-state index is 12.3. The molecule has 0 heterocycles. The fourth-order valence-corrected chi connectivity index (χ4v) is 3.48. The van der Waals surface area contributed by atoms with Crippen LogP contribution in [0.5, 0.6) is 5.75 Å². The summed E-state index contributed by atoms with van der Waals surface area (Å²) < 4.78 is 5.14. The molecule has 2 N–H and O–H groups in total. The minimum absolute atomic E-state index is 0.0610. The second-order valence-electron chi connectivity index (χ2n) is 8.09. The molecule has 1 aromatic carbocycles. The van der Waals surface area contributed by atoms with E-state index in [1.165, 1.54) is 64.2 Å². The van der Waals surface area contributed by atoms with Crippen molar-refractivity contribution in [2.75, 3.05) is 13.7 Å². The number of hydrogen-bond donors (Lipinski definition) is 2. The van der Waals surface area contributed by atoms with E-state index in [1.807, 2.05) is 30.3 Å². The topological polar surface area (TPSA) is 58.6 Å². The Labute approximate surface area is 184 Å². The van der Waals surface area contributed by atoms with Crippen LogP contribution in [0.3, 0.4) is 0 Å². The quantitative estimate of drug-likeness (QED) is 0.215. The lowest BCUT2D eigenvalue weighted by atomic mass is 10.0. The van der Waals surface area contributed by atoms with Crippen molar-refractivity contribution in [1.82, 2.24) is 5.32 Å². The average molecular weight is 418 g/mol. The van der Waals surface area contributed by atoms with Gasteiger partial charge in [0.25, 0.3) is 0 Å². The molecule has 0 amide bonds. The van der Waals surface area contributed by atoms with Crippen LogP contribution < -0.4 is 10.1 Å². The molecule has 1 atom stereocenters. The molecule has 0 aliphatic carbocycles. The monoisotopic (exact) mass is 417 g/mol. The number of unbranched alkanes of at least 4 members (excludes halogenated alkanes) is 11. The SMILES string of the molecule is CCCCCCCCCCCCC/C=C/C(=O)[C@H](CO)NCc1ccc(OC)cc1. The molecule has 0 fully saturated rings. The van der Waals surface area contributed by atoms with Gasteiger partial charge < -0.3 is 15.2 Å². The minimum Gasteiger partial charge on any atom is -0.497 e. The number of ketones is 1. The highest BCUT2D eigenvalue weighted by atomic mass is 16.5. The third-order valence-corrected chi connectivity index (χ3v) is 5.49. The summed E-state index contributed by atoms with van der Waals surface area (Å²) in [6.45, 7) is 2.60. The van der Waals surface area contributed by atoms with Gasteiger partial charge in [-0.05, 0) is 36.6 Å². The maximum absolute atomic E-state index is 12.3. The standard InChI is InChI=1S/C26H43NO3/c1-3-4-5-6-7-8-9-10-11-12-13-14-15-16-26(29)25(22-28)27-21-23-17-19-24(30-2)20-18-23/h15-20,25,27-28H,3-14,21-22H2,1-2H3/b16-15+/t25-/m0/s1. The summed E-state index contributed by atoms with van der Waals surface area (Å²) in [5.41, 5.74) is 1.05. The van der Waals surface area contributed by atoms with Crippen LogP contribution in [0.25, 0.3) is 0 Å². The Morgan fingerprint density at radius 1 is 0.967 bits per heavy atom. The van der Waals surface area contributed by atoms with E-state index >= 15 is 0 Å². The third kappa shape index (κ3) is 12.8. The molecule has 30 heavy (non-hydrogen) atoms. The van der Waals surface area contributed by atoms with Gasteiger partial charge in [0.15, 0.2) is 5.78 Å². The number of ether oxygens (including phenoxy) is 1. The van der Waals surface area contributed by atoms with E-state index in [0.29, 0.717) is 6.54 Å². The lowest BCUT2D eigenvalue weighted by Gasteiger charge is -2.13. The molecule has 0 saturated carbocycles. The molecule has 0 saturated heterocycles. The van der Waals surface area contributed by atoms with Crippen LogP contribution in [0, 0.1) is 0 Å². The average Bonchev–Trinajstić information content (AvgIpc) is 2.77. The van der Waals surface area contributed by atoms with Crippen molar-refractivity contribution in [2.45, 2.75) is 96.6 Å². The zero-order valence-corrected chi connectivity index (χ0v) is 19.2. The minimum atomic E-state index is -0.555. The molecule has 1 rings (SSSR count). The molecule has 170 valence electrons. The predicted octanol–water partition coefficient (Wildman–Crippen LogP) is 5.97. The first kappa shape index (κ1) is 26.4. The maximum Gasteiger partial charge on any atom is 0.174 e. The highest BCUT2D eigenvalue weighted by molar-refractivity contribution is 5.94. The number of methoxy groups -OCH3 is 1. The normalized spacial score (nSPS) is 12.4. The number of benzene rings is 1. The fraction of sp³-hybridized carbons (Fsp3) is 0.654. The van der Waals surface area contributed by atoms with Crippen LogP contribution in [0.15, 0.2) is 36.4 Å². The number of rotatable bonds is 19. The number of nitrogens with one attached hydrogen (secondary N) is 1. The van der Waals surface area contributed by atoms with Gasteiger partial charge in [-0.1, -0.05) is 89.3 Å². The van der Waals surface area contributed by atoms with Crippen molar-refractivity contribution in [3.63, 3.8) is 0 Å². The third-order valence-electron chi connectivity index (χ3n) is 5.49. The Balaban J connectivity index is 2.08. The van der Waals surface area contributed by atoms with Crippen LogP contribution >= 0.6 is 0 Å². The van der Waals surface area contributed by atoms with Crippen LogP contribution in [0.2, 0.25) is 0 Å². The summed E-state index contributed by atoms with van der Waals surface area (Å²) in [6, 6.07) is 7.13. The second-order valence-corrected chi connectivity index (χ2v) is 8.09. The van der Waals surface area contributed by atoms with Crippen LogP contribution in [0.4, 0.5) is 0 Å². The molecular weight excluding hydrogens is 374 g/mol. The number of carbonyl (C=O) groups is 1. The van der Waals surface area contributed by atoms with E-state index in [2.05, 4.69) is 12.2 Å². The lowest BCUT2D eigenvalue weighted by molar-refractivity contribution is -0.117. The highest BCUT2D eigenvalue weighted by Crippen LogP contribution is 2.13. The van der Waals surface area contributed by atoms with Gasteiger partial charge in [0.2, 0.25) is 0 Å². The van der Waals surface area contributed by atoms with Gasteiger partial charge >= 0.3 is 0 Å². The van der Waals surface area contributed by atoms with Crippen molar-refractivity contribution in [2.24, 2.45) is 0 Å². The van der Waals surface area contributed by atoms with Crippen LogP contribution in [-0.2, 0) is 11.3 Å². The fourth-order valence-electron chi connectivity index (χ4n) is 3.48. The van der Waals surface area contributed by atoms with Crippen molar-refractivity contribution in [3.05, 3.63) is 42.0 Å². The smallest absolute Gasteiger partial charge is 0.174 e. The lowest BCUT2D eigenvalue weighted by Crippen LogP contribution is -2.38. The molecule has 0 aromatic heterocycles. The second kappa shape index (κ2) is 18.1. The number of aliphatic hydroxyl groups excluding tert-OH is 1. The zero-order chi connectivity index (χ0) is 21.9. The summed E-state index contributed by atoms with van der Waals surface area (Å²) in [5, 5.41) is 12.7. The van der Waals surface area contributed by atoms with E-state index < -0.39 is 6.04 Å². The van der Waals surface area contributed by atoms with E-state index in [9.17, 15) is 9.90 Å². The van der Waals surface area contributed by atoms with E-state index in [4.69, 9.17) is 4.74 Å². The van der Waals surface area contributed by atoms with Gasteiger partial charge in [-0.2, -0.15) is 0 Å². The molecule has 0 radical (unpaired) electrons. The predicted molar refractivity (Wildman–Crippen MR) is 126 cm³/mol. The van der Waals surface area contributed by atoms with Crippen molar-refractivity contribution in [1.29, 1.82) is 0 Å². The Kier molecular flexibility index (Phi) is 16.0. The summed E-state index contributed by atoms with van der Waals surface area (Å²) in [6.07, 6.45) is 19.1. The first-order chi connectivity index (χ1) is 14.7. The van der Waals surface area contributed by atoms with Gasteiger partial charge in [0.1, 0.15) is 5.75 Å². The number of hydrogen-bond acceptors (Lipinski definition) is 4. The first-order valence-electron chi connectivity index (χ1n) is 11.9. The van der Waals surface area contributed by atoms with Crippen molar-refractivity contribution >= 4 is 5.78 Å². The number of allylic oxidation sites excluding steroid dienone is 1. The Bertz CT molecular complexity index is 568. The molecule has 0 spiro atoms. The van der Waals surface area contributed by atoms with E-state index in [-0.39, 0.29) is 12.4 Å². The summed E-state index contributed by atoms with van der Waals surface area (Å²) in [7, 11) is 1.64. The molecule has 4 nitrogen and oxygen atoms in total.